The lowest BCUT2D eigenvalue weighted by Gasteiger charge is -2.24. The fourth-order valence-electron chi connectivity index (χ4n) is 6.43. The van der Waals surface area contributed by atoms with E-state index in [2.05, 4.69) is 39.9 Å². The van der Waals surface area contributed by atoms with Crippen LogP contribution in [0.5, 0.6) is 0 Å². The minimum atomic E-state index is -1.16. The zero-order valence-electron chi connectivity index (χ0n) is 24.6. The number of nitrogens with one attached hydrogen (secondary N) is 2. The second kappa shape index (κ2) is 12.6. The lowest BCUT2D eigenvalue weighted by Crippen LogP contribution is -2.42. The van der Waals surface area contributed by atoms with Crippen molar-refractivity contribution in [2.75, 3.05) is 23.3 Å². The molecule has 0 bridgehead atoms. The largest absolute Gasteiger partial charge is 0.388 e. The molecule has 1 saturated carbocycles. The lowest BCUT2D eigenvalue weighted by atomic mass is 9.91. The number of carbonyl (C=O) groups is 2. The molecule has 6 rings (SSSR count). The molecule has 1 aliphatic heterocycles. The first-order valence-corrected chi connectivity index (χ1v) is 15.2. The molecule has 2 aromatic heterocycles. The van der Waals surface area contributed by atoms with E-state index in [4.69, 9.17) is 15.7 Å². The van der Waals surface area contributed by atoms with Gasteiger partial charge >= 0.3 is 0 Å². The molecule has 5 atom stereocenters. The van der Waals surface area contributed by atoms with Gasteiger partial charge < -0.3 is 36.0 Å². The molecule has 230 valence electrons. The number of primary amides is 1. The predicted octanol–water partition coefficient (Wildman–Crippen LogP) is 2.09. The van der Waals surface area contributed by atoms with E-state index in [9.17, 15) is 19.8 Å². The van der Waals surface area contributed by atoms with Gasteiger partial charge in [0.05, 0.1) is 18.4 Å². The van der Waals surface area contributed by atoms with E-state index in [0.29, 0.717) is 48.9 Å². The average molecular weight is 599 g/mol. The van der Waals surface area contributed by atoms with Crippen LogP contribution in [0.4, 0.5) is 11.8 Å². The van der Waals surface area contributed by atoms with E-state index in [0.717, 1.165) is 17.5 Å². The van der Waals surface area contributed by atoms with Gasteiger partial charge in [-0.2, -0.15) is 9.97 Å². The molecule has 12 nitrogen and oxygen atoms in total. The van der Waals surface area contributed by atoms with Crippen LogP contribution in [-0.2, 0) is 9.59 Å². The highest BCUT2D eigenvalue weighted by Crippen LogP contribution is 2.36. The number of aliphatic hydroxyl groups excluding tert-OH is 2. The van der Waals surface area contributed by atoms with Gasteiger partial charge in [0, 0.05) is 25.4 Å². The third kappa shape index (κ3) is 5.70. The number of hydrogen-bond acceptors (Lipinski definition) is 9. The first kappa shape index (κ1) is 29.5. The molecule has 44 heavy (non-hydrogen) atoms. The summed E-state index contributed by atoms with van der Waals surface area (Å²) < 4.78 is 1.74. The average Bonchev–Trinajstić information content (AvgIpc) is 3.77. The Labute approximate surface area is 255 Å². The van der Waals surface area contributed by atoms with Crippen LogP contribution in [0.1, 0.15) is 55.7 Å². The van der Waals surface area contributed by atoms with Gasteiger partial charge in [-0.25, -0.2) is 4.98 Å². The van der Waals surface area contributed by atoms with Gasteiger partial charge in [-0.15, -0.1) is 0 Å². The molecule has 1 saturated heterocycles. The third-order valence-corrected chi connectivity index (χ3v) is 8.80. The number of anilines is 2. The molecule has 0 spiro atoms. The highest BCUT2D eigenvalue weighted by molar-refractivity contribution is 5.87. The second-order valence-corrected chi connectivity index (χ2v) is 11.5. The van der Waals surface area contributed by atoms with E-state index in [1.165, 1.54) is 0 Å². The maximum Gasteiger partial charge on any atom is 0.240 e. The molecule has 0 unspecified atom stereocenters. The summed E-state index contributed by atoms with van der Waals surface area (Å²) in [5.74, 6) is 0.188. The van der Waals surface area contributed by atoms with E-state index < -0.39 is 36.2 Å². The maximum absolute atomic E-state index is 12.3. The fraction of sp³-hybridized carbons (Fsp3) is 0.406. The maximum atomic E-state index is 12.3. The SMILES string of the molecule is CCC(=O)N[C@H]1C[C@@H](n2cnc3c(NCC(c4ccccc4)c4ccccc4)nc(N4CCC[C@H]4C(N)=O)nc32)[C@@H](O)[C@@H]1O. The number of amides is 2. The molecular weight excluding hydrogens is 560 g/mol. The van der Waals surface area contributed by atoms with Gasteiger partial charge in [0.1, 0.15) is 18.2 Å². The minimum Gasteiger partial charge on any atom is -0.388 e. The van der Waals surface area contributed by atoms with E-state index >= 15 is 0 Å². The molecule has 2 fully saturated rings. The van der Waals surface area contributed by atoms with Crippen molar-refractivity contribution in [2.45, 2.75) is 68.9 Å². The van der Waals surface area contributed by atoms with Crippen molar-refractivity contribution in [3.05, 3.63) is 78.1 Å². The van der Waals surface area contributed by atoms with Gasteiger partial charge in [0.15, 0.2) is 17.0 Å². The number of fused-ring (bicyclic) bond motifs is 1. The van der Waals surface area contributed by atoms with Crippen LogP contribution < -0.4 is 21.3 Å². The van der Waals surface area contributed by atoms with E-state index in [-0.39, 0.29) is 18.2 Å². The highest BCUT2D eigenvalue weighted by Gasteiger charge is 2.44. The highest BCUT2D eigenvalue weighted by atomic mass is 16.3. The fourth-order valence-corrected chi connectivity index (χ4v) is 6.43. The Hall–Kier alpha value is -4.55. The van der Waals surface area contributed by atoms with Crippen LogP contribution in [0.2, 0.25) is 0 Å². The van der Waals surface area contributed by atoms with E-state index in [1.807, 2.05) is 41.3 Å². The first-order chi connectivity index (χ1) is 21.4. The summed E-state index contributed by atoms with van der Waals surface area (Å²) >= 11 is 0. The molecule has 6 N–H and O–H groups in total. The van der Waals surface area contributed by atoms with Crippen molar-refractivity contribution < 1.29 is 19.8 Å². The normalized spacial score (nSPS) is 23.4. The lowest BCUT2D eigenvalue weighted by molar-refractivity contribution is -0.122. The van der Waals surface area contributed by atoms with E-state index in [1.54, 1.807) is 17.8 Å². The molecular formula is C32H38N8O4. The zero-order chi connectivity index (χ0) is 30.8. The molecule has 0 radical (unpaired) electrons. The Bertz CT molecular complexity index is 1580. The van der Waals surface area contributed by atoms with Gasteiger partial charge in [-0.1, -0.05) is 67.6 Å². The summed E-state index contributed by atoms with van der Waals surface area (Å²) in [5, 5.41) is 28.2. The first-order valence-electron chi connectivity index (χ1n) is 15.2. The quantitative estimate of drug-likeness (QED) is 0.183. The van der Waals surface area contributed by atoms with Crippen LogP contribution in [0.15, 0.2) is 67.0 Å². The van der Waals surface area contributed by atoms with Gasteiger partial charge in [-0.3, -0.25) is 9.59 Å². The van der Waals surface area contributed by atoms with Gasteiger partial charge in [0.25, 0.3) is 0 Å². The summed E-state index contributed by atoms with van der Waals surface area (Å²) in [6.07, 6.45) is 1.22. The summed E-state index contributed by atoms with van der Waals surface area (Å²) in [7, 11) is 0. The third-order valence-electron chi connectivity index (χ3n) is 8.80. The standard InChI is InChI=1S/C32H38N8O4/c1-2-25(41)36-22-16-24(28(43)27(22)42)40-18-35-26-30(37-32(38-31(26)40)39-15-9-14-23(39)29(33)44)34-17-21(19-10-5-3-6-11-19)20-12-7-4-8-13-20/h3-8,10-13,18,21-24,27-28,42-43H,2,9,14-17H2,1H3,(H2,33,44)(H,36,41)(H,34,37,38)/t22-,23-,24+,27+,28+/m0/s1. The summed E-state index contributed by atoms with van der Waals surface area (Å²) in [5.41, 5.74) is 8.96. The monoisotopic (exact) mass is 598 g/mol. The smallest absolute Gasteiger partial charge is 0.240 e. The topological polar surface area (TPSA) is 172 Å². The Morgan fingerprint density at radius 1 is 1.02 bits per heavy atom. The summed E-state index contributed by atoms with van der Waals surface area (Å²) in [6, 6.07) is 18.7. The van der Waals surface area contributed by atoms with Crippen LogP contribution in [0, 0.1) is 0 Å². The Kier molecular flexibility index (Phi) is 8.45. The molecule has 2 aliphatic rings. The number of benzene rings is 2. The van der Waals surface area contributed by atoms with Crippen LogP contribution in [0.3, 0.4) is 0 Å². The Balaban J connectivity index is 1.39. The van der Waals surface area contributed by atoms with Gasteiger partial charge in [-0.05, 0) is 30.4 Å². The summed E-state index contributed by atoms with van der Waals surface area (Å²) in [4.78, 5) is 40.6. The number of aliphatic hydroxyl groups is 2. The number of hydrogen-bond donors (Lipinski definition) is 5. The zero-order valence-corrected chi connectivity index (χ0v) is 24.6. The number of carbonyl (C=O) groups excluding carboxylic acids is 2. The Morgan fingerprint density at radius 3 is 2.34 bits per heavy atom. The molecule has 1 aliphatic carbocycles. The number of nitrogens with zero attached hydrogens (tertiary/aromatic N) is 5. The number of imidazole rings is 1. The van der Waals surface area contributed by atoms with Crippen molar-refractivity contribution in [2.24, 2.45) is 5.73 Å². The van der Waals surface area contributed by atoms with Crippen LogP contribution in [0.25, 0.3) is 11.2 Å². The van der Waals surface area contributed by atoms with Crippen LogP contribution >= 0.6 is 0 Å². The molecule has 2 amide bonds. The van der Waals surface area contributed by atoms with Crippen LogP contribution in [-0.4, -0.2) is 78.9 Å². The second-order valence-electron chi connectivity index (χ2n) is 11.5. The number of nitrogens with two attached hydrogens (primary N) is 1. The van der Waals surface area contributed by atoms with Crippen molar-refractivity contribution in [3.8, 4) is 0 Å². The molecule has 2 aromatic carbocycles. The minimum absolute atomic E-state index is 0.00726. The van der Waals surface area contributed by atoms with Crippen molar-refractivity contribution >= 4 is 34.7 Å². The number of aromatic nitrogens is 4. The Morgan fingerprint density at radius 2 is 1.70 bits per heavy atom. The molecule has 3 heterocycles. The summed E-state index contributed by atoms with van der Waals surface area (Å²) in [6.45, 7) is 2.81. The molecule has 12 heteroatoms. The van der Waals surface area contributed by atoms with Crippen molar-refractivity contribution in [1.29, 1.82) is 0 Å². The van der Waals surface area contributed by atoms with Crippen molar-refractivity contribution in [3.63, 3.8) is 0 Å². The predicted molar refractivity (Wildman–Crippen MR) is 166 cm³/mol. The van der Waals surface area contributed by atoms with Crippen molar-refractivity contribution in [1.82, 2.24) is 24.8 Å². The molecule has 4 aromatic rings. The number of rotatable bonds is 10. The van der Waals surface area contributed by atoms with Gasteiger partial charge in [0.2, 0.25) is 17.8 Å².